The first kappa shape index (κ1) is 19.6. The van der Waals surface area contributed by atoms with Crippen molar-refractivity contribution in [2.24, 2.45) is 0 Å². The first-order chi connectivity index (χ1) is 13.3. The van der Waals surface area contributed by atoms with Crippen LogP contribution < -0.4 is 0 Å². The summed E-state index contributed by atoms with van der Waals surface area (Å²) in [7, 11) is -3.67. The van der Waals surface area contributed by atoms with Crippen molar-refractivity contribution in [2.75, 3.05) is 26.2 Å². The Bertz CT molecular complexity index is 978. The van der Waals surface area contributed by atoms with E-state index in [1.165, 1.54) is 4.31 Å². The Hall–Kier alpha value is -1.68. The maximum Gasteiger partial charge on any atom is 0.289 e. The van der Waals surface area contributed by atoms with Gasteiger partial charge in [-0.05, 0) is 47.1 Å². The third-order valence-corrected chi connectivity index (χ3v) is 7.73. The molecule has 0 bridgehead atoms. The number of sulfonamides is 1. The van der Waals surface area contributed by atoms with Crippen LogP contribution in [0.5, 0.6) is 0 Å². The molecule has 1 amide bonds. The summed E-state index contributed by atoms with van der Waals surface area (Å²) in [5.74, 6) is 0.0609. The summed E-state index contributed by atoms with van der Waals surface area (Å²) in [6, 6.07) is 10.1. The maximum atomic E-state index is 13.2. The molecule has 2 fully saturated rings. The zero-order valence-corrected chi connectivity index (χ0v) is 17.8. The summed E-state index contributed by atoms with van der Waals surface area (Å²) in [6.45, 7) is 3.38. The standard InChI is InChI=1S/C19H21BrN2O5S/c1-14-2-4-15(5-3-14)28(24,25)22-12-13-26-19(22)8-10-21(11-9-19)18(23)16-6-7-17(20)27-16/h2-7H,8-13H2,1H3. The minimum atomic E-state index is -3.67. The normalized spacial score (nSPS) is 20.0. The first-order valence-corrected chi connectivity index (χ1v) is 11.3. The van der Waals surface area contributed by atoms with Crippen molar-refractivity contribution in [1.82, 2.24) is 9.21 Å². The summed E-state index contributed by atoms with van der Waals surface area (Å²) in [4.78, 5) is 14.5. The van der Waals surface area contributed by atoms with Gasteiger partial charge >= 0.3 is 0 Å². The Morgan fingerprint density at radius 2 is 1.75 bits per heavy atom. The minimum absolute atomic E-state index is 0.202. The molecule has 2 saturated heterocycles. The van der Waals surface area contributed by atoms with E-state index in [0.717, 1.165) is 5.56 Å². The van der Waals surface area contributed by atoms with Crippen LogP contribution in [0.4, 0.5) is 0 Å². The fourth-order valence-corrected chi connectivity index (χ4v) is 5.84. The van der Waals surface area contributed by atoms with Crippen molar-refractivity contribution < 1.29 is 22.4 Å². The van der Waals surface area contributed by atoms with Crippen LogP contribution in [-0.4, -0.2) is 55.5 Å². The second kappa shape index (κ2) is 7.29. The summed E-state index contributed by atoms with van der Waals surface area (Å²) in [5, 5.41) is 0. The van der Waals surface area contributed by atoms with Gasteiger partial charge in [-0.25, -0.2) is 8.42 Å². The Balaban J connectivity index is 1.52. The van der Waals surface area contributed by atoms with Gasteiger partial charge in [0.05, 0.1) is 11.5 Å². The number of amides is 1. The molecule has 2 aliphatic heterocycles. The molecule has 150 valence electrons. The molecular formula is C19H21BrN2O5S. The molecule has 7 nitrogen and oxygen atoms in total. The Morgan fingerprint density at radius 3 is 2.36 bits per heavy atom. The molecule has 28 heavy (non-hydrogen) atoms. The summed E-state index contributed by atoms with van der Waals surface area (Å²) in [6.07, 6.45) is 0.845. The van der Waals surface area contributed by atoms with E-state index >= 15 is 0 Å². The lowest BCUT2D eigenvalue weighted by Gasteiger charge is -2.42. The monoisotopic (exact) mass is 468 g/mol. The lowest BCUT2D eigenvalue weighted by atomic mass is 10.0. The van der Waals surface area contributed by atoms with Crippen molar-refractivity contribution >= 4 is 31.9 Å². The number of hydrogen-bond donors (Lipinski definition) is 0. The summed E-state index contributed by atoms with van der Waals surface area (Å²) < 4.78 is 39.7. The van der Waals surface area contributed by atoms with Gasteiger partial charge in [0.15, 0.2) is 10.4 Å². The molecule has 2 aromatic rings. The number of furan rings is 1. The minimum Gasteiger partial charge on any atom is -0.444 e. The molecule has 4 rings (SSSR count). The van der Waals surface area contributed by atoms with E-state index < -0.39 is 15.7 Å². The predicted octanol–water partition coefficient (Wildman–Crippen LogP) is 3.00. The van der Waals surface area contributed by atoms with Gasteiger partial charge in [0, 0.05) is 32.5 Å². The molecule has 0 radical (unpaired) electrons. The number of rotatable bonds is 3. The van der Waals surface area contributed by atoms with Gasteiger partial charge in [-0.15, -0.1) is 0 Å². The van der Waals surface area contributed by atoms with E-state index in [1.54, 1.807) is 41.3 Å². The van der Waals surface area contributed by atoms with E-state index in [-0.39, 0.29) is 16.6 Å². The molecule has 0 unspecified atom stereocenters. The van der Waals surface area contributed by atoms with Crippen molar-refractivity contribution in [2.45, 2.75) is 30.4 Å². The molecule has 0 saturated carbocycles. The van der Waals surface area contributed by atoms with E-state index in [9.17, 15) is 13.2 Å². The van der Waals surface area contributed by atoms with Gasteiger partial charge in [-0.3, -0.25) is 4.79 Å². The number of hydrogen-bond acceptors (Lipinski definition) is 5. The molecule has 0 atom stereocenters. The fraction of sp³-hybridized carbons (Fsp3) is 0.421. The third-order valence-electron chi connectivity index (χ3n) is 5.34. The highest BCUT2D eigenvalue weighted by Crippen LogP contribution is 2.38. The molecular weight excluding hydrogens is 448 g/mol. The molecule has 0 N–H and O–H groups in total. The number of ether oxygens (including phenoxy) is 1. The highest BCUT2D eigenvalue weighted by atomic mass is 79.9. The number of halogens is 1. The van der Waals surface area contributed by atoms with Crippen LogP contribution in [0.15, 0.2) is 50.4 Å². The highest BCUT2D eigenvalue weighted by molar-refractivity contribution is 9.10. The molecule has 9 heteroatoms. The van der Waals surface area contributed by atoms with Crippen LogP contribution in [0.2, 0.25) is 0 Å². The van der Waals surface area contributed by atoms with Crippen molar-refractivity contribution in [1.29, 1.82) is 0 Å². The number of carbonyl (C=O) groups is 1. The fourth-order valence-electron chi connectivity index (χ4n) is 3.81. The smallest absolute Gasteiger partial charge is 0.289 e. The van der Waals surface area contributed by atoms with Gasteiger partial charge in [0.2, 0.25) is 10.0 Å². The summed E-state index contributed by atoms with van der Waals surface area (Å²) >= 11 is 3.20. The Kier molecular flexibility index (Phi) is 5.11. The van der Waals surface area contributed by atoms with Gasteiger partial charge in [-0.1, -0.05) is 17.7 Å². The molecule has 1 aromatic heterocycles. The lowest BCUT2D eigenvalue weighted by molar-refractivity contribution is -0.0859. The second-order valence-electron chi connectivity index (χ2n) is 7.08. The van der Waals surface area contributed by atoms with Crippen LogP contribution in [0.25, 0.3) is 0 Å². The second-order valence-corrected chi connectivity index (χ2v) is 9.72. The average Bonchev–Trinajstić information content (AvgIpc) is 3.29. The largest absolute Gasteiger partial charge is 0.444 e. The Morgan fingerprint density at radius 1 is 1.07 bits per heavy atom. The number of benzene rings is 1. The number of likely N-dealkylation sites (tertiary alicyclic amines) is 1. The molecule has 3 heterocycles. The van der Waals surface area contributed by atoms with E-state index in [2.05, 4.69) is 15.9 Å². The maximum absolute atomic E-state index is 13.2. The predicted molar refractivity (Wildman–Crippen MR) is 105 cm³/mol. The van der Waals surface area contributed by atoms with Crippen molar-refractivity contribution in [3.63, 3.8) is 0 Å². The SMILES string of the molecule is Cc1ccc(S(=O)(=O)N2CCOC23CCN(C(=O)c2ccc(Br)o2)CC3)cc1. The Labute approximate surface area is 172 Å². The third kappa shape index (κ3) is 3.41. The quantitative estimate of drug-likeness (QED) is 0.691. The van der Waals surface area contributed by atoms with Gasteiger partial charge in [0.1, 0.15) is 5.72 Å². The van der Waals surface area contributed by atoms with Crippen LogP contribution >= 0.6 is 15.9 Å². The van der Waals surface area contributed by atoms with Crippen LogP contribution in [0.1, 0.15) is 29.0 Å². The van der Waals surface area contributed by atoms with Gasteiger partial charge in [-0.2, -0.15) is 4.31 Å². The van der Waals surface area contributed by atoms with Crippen molar-refractivity contribution in [3.8, 4) is 0 Å². The zero-order valence-electron chi connectivity index (χ0n) is 15.4. The van der Waals surface area contributed by atoms with Gasteiger partial charge in [0.25, 0.3) is 5.91 Å². The molecule has 0 aliphatic carbocycles. The van der Waals surface area contributed by atoms with E-state index in [1.807, 2.05) is 6.92 Å². The van der Waals surface area contributed by atoms with Crippen LogP contribution in [-0.2, 0) is 14.8 Å². The lowest BCUT2D eigenvalue weighted by Crippen LogP contribution is -2.55. The van der Waals surface area contributed by atoms with E-state index in [4.69, 9.17) is 9.15 Å². The van der Waals surface area contributed by atoms with Gasteiger partial charge < -0.3 is 14.1 Å². The summed E-state index contributed by atoms with van der Waals surface area (Å²) in [5.41, 5.74) is 0.104. The van der Waals surface area contributed by atoms with Crippen LogP contribution in [0.3, 0.4) is 0 Å². The number of aryl methyl sites for hydroxylation is 1. The molecule has 2 aliphatic rings. The average molecular weight is 469 g/mol. The number of nitrogens with zero attached hydrogens (tertiary/aromatic N) is 2. The highest BCUT2D eigenvalue weighted by Gasteiger charge is 2.51. The van der Waals surface area contributed by atoms with E-state index in [0.29, 0.717) is 43.8 Å². The number of carbonyl (C=O) groups excluding carboxylic acids is 1. The zero-order chi connectivity index (χ0) is 19.9. The molecule has 1 aromatic carbocycles. The number of piperidine rings is 1. The van der Waals surface area contributed by atoms with Crippen LogP contribution in [0, 0.1) is 6.92 Å². The molecule has 1 spiro atoms. The first-order valence-electron chi connectivity index (χ1n) is 9.10. The topological polar surface area (TPSA) is 80.1 Å². The van der Waals surface area contributed by atoms with Crippen molar-refractivity contribution in [3.05, 3.63) is 52.4 Å².